The number of phenolic OH excluding ortho intramolecular Hbond substituents is 1. The van der Waals surface area contributed by atoms with Gasteiger partial charge in [0, 0.05) is 6.08 Å². The van der Waals surface area contributed by atoms with Gasteiger partial charge in [0.25, 0.3) is 0 Å². The summed E-state index contributed by atoms with van der Waals surface area (Å²) >= 11 is 0. The van der Waals surface area contributed by atoms with Crippen LogP contribution in [0.5, 0.6) is 11.5 Å². The number of ketones is 1. The summed E-state index contributed by atoms with van der Waals surface area (Å²) in [6, 6.07) is 9.93. The molecule has 4 nitrogen and oxygen atoms in total. The Bertz CT molecular complexity index is 986. The van der Waals surface area contributed by atoms with E-state index < -0.39 is 12.8 Å². The molecule has 0 aromatic heterocycles. The molecule has 2 aromatic carbocycles. The zero-order chi connectivity index (χ0) is 21.6. The molecule has 2 rings (SSSR count). The number of aliphatic hydroxyl groups is 1. The molecule has 0 atom stereocenters. The Balaban J connectivity index is 2.07. The molecule has 0 saturated heterocycles. The fourth-order valence-electron chi connectivity index (χ4n) is 2.19. The summed E-state index contributed by atoms with van der Waals surface area (Å²) in [4.78, 5) is 12.0. The van der Waals surface area contributed by atoms with E-state index in [0.717, 1.165) is 17.2 Å². The number of aryl methyl sites for hydroxylation is 2. The number of methoxy groups -OCH3 is 1. The summed E-state index contributed by atoms with van der Waals surface area (Å²) < 4.78 is 26.0. The molecule has 0 unspecified atom stereocenters. The molecule has 0 radical (unpaired) electrons. The summed E-state index contributed by atoms with van der Waals surface area (Å²) in [6.07, 6.45) is 6.83. The highest BCUT2D eigenvalue weighted by atomic mass is 16.5. The molecular weight excluding hydrogens is 328 g/mol. The molecule has 0 bridgehead atoms. The van der Waals surface area contributed by atoms with Crippen LogP contribution in [0, 0.1) is 13.8 Å². The third-order valence-electron chi connectivity index (χ3n) is 3.80. The van der Waals surface area contributed by atoms with Gasteiger partial charge in [0.05, 0.1) is 11.2 Å². The lowest BCUT2D eigenvalue weighted by Crippen LogP contribution is -1.89. The largest absolute Gasteiger partial charge is 0.508 e. The number of rotatable bonds is 6. The number of ether oxygens (including phenoxy) is 1. The Morgan fingerprint density at radius 1 is 1.04 bits per heavy atom. The maximum Gasteiger partial charge on any atom is 0.182 e. The summed E-state index contributed by atoms with van der Waals surface area (Å²) in [5, 5.41) is 19.6. The molecule has 0 aliphatic rings. The topological polar surface area (TPSA) is 66.8 Å². The number of carbonyl (C=O) groups is 1. The van der Waals surface area contributed by atoms with Crippen LogP contribution in [0.4, 0.5) is 0 Å². The van der Waals surface area contributed by atoms with Crippen molar-refractivity contribution in [3.05, 3.63) is 82.6 Å². The number of carbonyl (C=O) groups excluding carboxylic acids is 1. The second-order valence-electron chi connectivity index (χ2n) is 5.81. The van der Waals surface area contributed by atoms with Gasteiger partial charge >= 0.3 is 0 Å². The van der Waals surface area contributed by atoms with Crippen molar-refractivity contribution in [1.82, 2.24) is 0 Å². The van der Waals surface area contributed by atoms with E-state index in [-0.39, 0.29) is 17.3 Å². The van der Waals surface area contributed by atoms with E-state index in [9.17, 15) is 15.0 Å². The highest BCUT2D eigenvalue weighted by Crippen LogP contribution is 2.26. The zero-order valence-corrected chi connectivity index (χ0v) is 14.6. The van der Waals surface area contributed by atoms with Crippen LogP contribution in [0.2, 0.25) is 0 Å². The summed E-state index contributed by atoms with van der Waals surface area (Å²) in [5.74, 6) is -1.19. The Kier molecular flexibility index (Phi) is 5.04. The predicted molar refractivity (Wildman–Crippen MR) is 104 cm³/mol. The molecule has 26 heavy (non-hydrogen) atoms. The third kappa shape index (κ3) is 5.38. The standard InChI is InChI=1S/C22H22O4/c1-15-4-5-17(12-16(15)2)6-9-19(23)14-20(24)10-7-18-8-11-21(25)22(13-18)26-3/h4-14,23,25H,1-3H3/b9-6+,10-7+,19-14-/i3D3. The van der Waals surface area contributed by atoms with Crippen molar-refractivity contribution < 1.29 is 23.9 Å². The number of aromatic hydroxyl groups is 1. The smallest absolute Gasteiger partial charge is 0.182 e. The molecule has 0 spiro atoms. The fourth-order valence-corrected chi connectivity index (χ4v) is 2.19. The number of aliphatic hydroxyl groups excluding tert-OH is 1. The van der Waals surface area contributed by atoms with E-state index in [1.165, 1.54) is 42.0 Å². The first-order chi connectivity index (χ1) is 13.5. The van der Waals surface area contributed by atoms with Crippen LogP contribution in [0.3, 0.4) is 0 Å². The lowest BCUT2D eigenvalue weighted by molar-refractivity contribution is -0.110. The van der Waals surface area contributed by atoms with Gasteiger partial charge in [-0.15, -0.1) is 0 Å². The van der Waals surface area contributed by atoms with E-state index in [1.54, 1.807) is 6.08 Å². The SMILES string of the molecule is [2H]C([2H])([2H])Oc1cc(/C=C/C(=O)/C=C(O)/C=C/c2ccc(C)c(C)c2)ccc1O. The fraction of sp³-hybridized carbons (Fsp3) is 0.136. The Morgan fingerprint density at radius 3 is 2.46 bits per heavy atom. The summed E-state index contributed by atoms with van der Waals surface area (Å²) in [6.45, 7) is 4.01. The quantitative estimate of drug-likeness (QED) is 0.446. The Morgan fingerprint density at radius 2 is 1.73 bits per heavy atom. The van der Waals surface area contributed by atoms with Gasteiger partial charge in [0.2, 0.25) is 0 Å². The van der Waals surface area contributed by atoms with Crippen molar-refractivity contribution >= 4 is 17.9 Å². The van der Waals surface area contributed by atoms with Crippen LogP contribution in [0.1, 0.15) is 26.4 Å². The Hall–Kier alpha value is -3.27. The van der Waals surface area contributed by atoms with E-state index in [2.05, 4.69) is 0 Å². The number of benzene rings is 2. The average Bonchev–Trinajstić information content (AvgIpc) is 2.62. The van der Waals surface area contributed by atoms with Crippen molar-refractivity contribution in [3.8, 4) is 11.5 Å². The molecule has 0 aliphatic carbocycles. The minimum Gasteiger partial charge on any atom is -0.508 e. The van der Waals surface area contributed by atoms with Gasteiger partial charge < -0.3 is 14.9 Å². The van der Waals surface area contributed by atoms with Crippen molar-refractivity contribution in [3.63, 3.8) is 0 Å². The molecule has 2 aromatic rings. The lowest BCUT2D eigenvalue weighted by Gasteiger charge is -2.03. The molecule has 4 heteroatoms. The molecule has 0 aliphatic heterocycles. The van der Waals surface area contributed by atoms with Gasteiger partial charge in [-0.05, 0) is 60.4 Å². The predicted octanol–water partition coefficient (Wildman–Crippen LogP) is 4.76. The number of hydrogen-bond acceptors (Lipinski definition) is 4. The minimum absolute atomic E-state index is 0.199. The summed E-state index contributed by atoms with van der Waals surface area (Å²) in [7, 11) is -2.70. The van der Waals surface area contributed by atoms with Crippen LogP contribution in [0.15, 0.2) is 60.4 Å². The minimum atomic E-state index is -2.70. The van der Waals surface area contributed by atoms with Gasteiger partial charge in [0.1, 0.15) is 5.76 Å². The molecule has 0 saturated carbocycles. The van der Waals surface area contributed by atoms with Gasteiger partial charge in [-0.3, -0.25) is 4.79 Å². The van der Waals surface area contributed by atoms with Crippen LogP contribution in [-0.2, 0) is 4.79 Å². The van der Waals surface area contributed by atoms with Crippen molar-refractivity contribution in [2.24, 2.45) is 0 Å². The van der Waals surface area contributed by atoms with Crippen molar-refractivity contribution in [2.75, 3.05) is 7.04 Å². The number of phenols is 1. The maximum atomic E-state index is 12.0. The van der Waals surface area contributed by atoms with Gasteiger partial charge in [-0.1, -0.05) is 36.4 Å². The van der Waals surface area contributed by atoms with Crippen LogP contribution < -0.4 is 4.74 Å². The van der Waals surface area contributed by atoms with E-state index in [1.807, 2.05) is 32.0 Å². The highest BCUT2D eigenvalue weighted by Gasteiger charge is 2.01. The monoisotopic (exact) mass is 353 g/mol. The molecular formula is C22H22O4. The first kappa shape index (κ1) is 15.0. The first-order valence-electron chi connectivity index (χ1n) is 9.43. The second-order valence-corrected chi connectivity index (χ2v) is 5.81. The van der Waals surface area contributed by atoms with Crippen LogP contribution in [0.25, 0.3) is 12.2 Å². The molecule has 0 amide bonds. The molecule has 0 fully saturated rings. The van der Waals surface area contributed by atoms with E-state index in [0.29, 0.717) is 5.56 Å². The van der Waals surface area contributed by atoms with Gasteiger partial charge in [-0.25, -0.2) is 0 Å². The normalized spacial score (nSPS) is 14.2. The molecule has 134 valence electrons. The van der Waals surface area contributed by atoms with E-state index >= 15 is 0 Å². The van der Waals surface area contributed by atoms with Crippen molar-refractivity contribution in [1.29, 1.82) is 0 Å². The van der Waals surface area contributed by atoms with E-state index in [4.69, 9.17) is 8.85 Å². The van der Waals surface area contributed by atoms with Crippen LogP contribution >= 0.6 is 0 Å². The van der Waals surface area contributed by atoms with Crippen LogP contribution in [-0.4, -0.2) is 23.0 Å². The van der Waals surface area contributed by atoms with Gasteiger partial charge in [0.15, 0.2) is 17.3 Å². The zero-order valence-electron chi connectivity index (χ0n) is 17.6. The third-order valence-corrected chi connectivity index (χ3v) is 3.80. The average molecular weight is 353 g/mol. The highest BCUT2D eigenvalue weighted by molar-refractivity contribution is 6.02. The Labute approximate surface area is 157 Å². The lowest BCUT2D eigenvalue weighted by atomic mass is 10.1. The maximum absolute atomic E-state index is 12.0. The number of allylic oxidation sites excluding steroid dienone is 3. The first-order valence-corrected chi connectivity index (χ1v) is 7.93. The molecule has 2 N–H and O–H groups in total. The molecule has 0 heterocycles. The second kappa shape index (κ2) is 8.72. The van der Waals surface area contributed by atoms with Gasteiger partial charge in [-0.2, -0.15) is 0 Å². The van der Waals surface area contributed by atoms with Crippen molar-refractivity contribution in [2.45, 2.75) is 13.8 Å². The number of hydrogen-bond donors (Lipinski definition) is 2. The summed E-state index contributed by atoms with van der Waals surface area (Å²) in [5.41, 5.74) is 3.66.